The van der Waals surface area contributed by atoms with Crippen LogP contribution in [0.15, 0.2) is 16.7 Å². The van der Waals surface area contributed by atoms with Crippen LogP contribution < -0.4 is 4.74 Å². The zero-order valence-corrected chi connectivity index (χ0v) is 8.67. The lowest BCUT2D eigenvalue weighted by Gasteiger charge is -2.04. The van der Waals surface area contributed by atoms with Gasteiger partial charge < -0.3 is 9.84 Å². The Morgan fingerprint density at radius 2 is 2.46 bits per heavy atom. The van der Waals surface area contributed by atoms with E-state index in [1.807, 2.05) is 0 Å². The Labute approximate surface area is 87.6 Å². The largest absolute Gasteiger partial charge is 0.479 e. The Kier molecular flexibility index (Phi) is 3.50. The monoisotopic (exact) mass is 265 g/mol. The molecule has 1 aromatic rings. The SMILES string of the molecule is O=C(O)COc1cc(Br)cnc1Cl. The lowest BCUT2D eigenvalue weighted by Crippen LogP contribution is -2.09. The molecule has 4 nitrogen and oxygen atoms in total. The van der Waals surface area contributed by atoms with Crippen molar-refractivity contribution in [3.8, 4) is 5.75 Å². The molecule has 0 aliphatic heterocycles. The second-order valence-electron chi connectivity index (χ2n) is 2.12. The van der Waals surface area contributed by atoms with Crippen LogP contribution in [0.25, 0.3) is 0 Å². The van der Waals surface area contributed by atoms with E-state index in [9.17, 15) is 4.79 Å². The Balaban J connectivity index is 2.75. The molecule has 0 aliphatic rings. The molecular formula is C7H5BrClNO3. The number of halogens is 2. The first-order valence-corrected chi connectivity index (χ1v) is 4.42. The van der Waals surface area contributed by atoms with Gasteiger partial charge in [-0.05, 0) is 22.0 Å². The third kappa shape index (κ3) is 3.20. The Morgan fingerprint density at radius 1 is 1.77 bits per heavy atom. The summed E-state index contributed by atoms with van der Waals surface area (Å²) in [5.41, 5.74) is 0. The molecule has 70 valence electrons. The quantitative estimate of drug-likeness (QED) is 0.850. The second kappa shape index (κ2) is 4.43. The minimum absolute atomic E-state index is 0.143. The molecule has 1 N–H and O–H groups in total. The van der Waals surface area contributed by atoms with Gasteiger partial charge in [0, 0.05) is 10.7 Å². The second-order valence-corrected chi connectivity index (χ2v) is 3.40. The maximum Gasteiger partial charge on any atom is 0.341 e. The van der Waals surface area contributed by atoms with Crippen molar-refractivity contribution >= 4 is 33.5 Å². The molecule has 1 heterocycles. The third-order valence-corrected chi connectivity index (χ3v) is 1.84. The van der Waals surface area contributed by atoms with E-state index < -0.39 is 12.6 Å². The van der Waals surface area contributed by atoms with Crippen molar-refractivity contribution in [3.05, 3.63) is 21.9 Å². The third-order valence-electron chi connectivity index (χ3n) is 1.12. The van der Waals surface area contributed by atoms with Crippen LogP contribution >= 0.6 is 27.5 Å². The van der Waals surface area contributed by atoms with Gasteiger partial charge >= 0.3 is 5.97 Å². The number of nitrogens with zero attached hydrogens (tertiary/aromatic N) is 1. The fourth-order valence-corrected chi connectivity index (χ4v) is 1.11. The number of ether oxygens (including phenoxy) is 1. The summed E-state index contributed by atoms with van der Waals surface area (Å²) in [7, 11) is 0. The van der Waals surface area contributed by atoms with Gasteiger partial charge in [-0.3, -0.25) is 0 Å². The van der Waals surface area contributed by atoms with Gasteiger partial charge in [-0.1, -0.05) is 11.6 Å². The normalized spacial score (nSPS) is 9.69. The summed E-state index contributed by atoms with van der Waals surface area (Å²) < 4.78 is 5.53. The van der Waals surface area contributed by atoms with E-state index in [1.165, 1.54) is 6.20 Å². The maximum absolute atomic E-state index is 10.2. The first kappa shape index (κ1) is 10.3. The standard InChI is InChI=1S/C7H5BrClNO3/c8-4-1-5(7(9)10-2-4)13-3-6(11)12/h1-2H,3H2,(H,11,12). The molecule has 1 aromatic heterocycles. The zero-order chi connectivity index (χ0) is 9.84. The van der Waals surface area contributed by atoms with Crippen LogP contribution in [-0.2, 0) is 4.79 Å². The average molecular weight is 266 g/mol. The molecule has 0 atom stereocenters. The molecule has 0 spiro atoms. The van der Waals surface area contributed by atoms with Crippen LogP contribution in [0, 0.1) is 0 Å². The number of carboxylic acids is 1. The summed E-state index contributed by atoms with van der Waals surface area (Å²) in [5.74, 6) is -0.811. The number of pyridine rings is 1. The molecule has 0 saturated heterocycles. The molecule has 0 bridgehead atoms. The summed E-state index contributed by atoms with van der Waals surface area (Å²) in [6, 6.07) is 1.55. The number of carboxylic acid groups (broad SMARTS) is 1. The molecule has 0 amide bonds. The minimum Gasteiger partial charge on any atom is -0.479 e. The summed E-state index contributed by atoms with van der Waals surface area (Å²) in [6.45, 7) is -0.433. The van der Waals surface area contributed by atoms with Crippen molar-refractivity contribution in [2.45, 2.75) is 0 Å². The predicted molar refractivity (Wildman–Crippen MR) is 50.1 cm³/mol. The Bertz CT molecular complexity index is 332. The molecule has 0 aliphatic carbocycles. The van der Waals surface area contributed by atoms with E-state index in [2.05, 4.69) is 20.9 Å². The lowest BCUT2D eigenvalue weighted by atomic mass is 10.4. The number of hydrogen-bond acceptors (Lipinski definition) is 3. The number of aromatic nitrogens is 1. The van der Waals surface area contributed by atoms with Gasteiger partial charge in [0.1, 0.15) is 0 Å². The molecule has 0 unspecified atom stereocenters. The van der Waals surface area contributed by atoms with Crippen LogP contribution in [0.3, 0.4) is 0 Å². The maximum atomic E-state index is 10.2. The van der Waals surface area contributed by atoms with Gasteiger partial charge in [0.05, 0.1) is 0 Å². The molecular weight excluding hydrogens is 261 g/mol. The highest BCUT2D eigenvalue weighted by Gasteiger charge is 2.05. The van der Waals surface area contributed by atoms with E-state index in [0.717, 1.165) is 0 Å². The Hall–Kier alpha value is -0.810. The van der Waals surface area contributed by atoms with Crippen LogP contribution in [0.4, 0.5) is 0 Å². The topological polar surface area (TPSA) is 59.4 Å². The molecule has 6 heteroatoms. The number of aliphatic carboxylic acids is 1. The van der Waals surface area contributed by atoms with Gasteiger partial charge in [0.2, 0.25) is 0 Å². The van der Waals surface area contributed by atoms with Gasteiger partial charge in [-0.15, -0.1) is 0 Å². The lowest BCUT2D eigenvalue weighted by molar-refractivity contribution is -0.139. The highest BCUT2D eigenvalue weighted by molar-refractivity contribution is 9.10. The van der Waals surface area contributed by atoms with Crippen molar-refractivity contribution in [2.75, 3.05) is 6.61 Å². The van der Waals surface area contributed by atoms with Crippen molar-refractivity contribution in [2.24, 2.45) is 0 Å². The van der Waals surface area contributed by atoms with Crippen LogP contribution in [0.2, 0.25) is 5.15 Å². The predicted octanol–water partition coefficient (Wildman–Crippen LogP) is 1.96. The van der Waals surface area contributed by atoms with Crippen LogP contribution in [0.5, 0.6) is 5.75 Å². The molecule has 0 fully saturated rings. The number of hydrogen-bond donors (Lipinski definition) is 1. The van der Waals surface area contributed by atoms with Gasteiger partial charge in [0.15, 0.2) is 17.5 Å². The van der Waals surface area contributed by atoms with Gasteiger partial charge in [-0.2, -0.15) is 0 Å². The minimum atomic E-state index is -1.06. The molecule has 13 heavy (non-hydrogen) atoms. The van der Waals surface area contributed by atoms with Crippen LogP contribution in [0.1, 0.15) is 0 Å². The molecule has 1 rings (SSSR count). The van der Waals surface area contributed by atoms with E-state index in [1.54, 1.807) is 6.07 Å². The zero-order valence-electron chi connectivity index (χ0n) is 6.33. The Morgan fingerprint density at radius 3 is 3.08 bits per heavy atom. The van der Waals surface area contributed by atoms with E-state index in [-0.39, 0.29) is 10.9 Å². The summed E-state index contributed by atoms with van der Waals surface area (Å²) >= 11 is 8.78. The van der Waals surface area contributed by atoms with Crippen molar-refractivity contribution < 1.29 is 14.6 Å². The highest BCUT2D eigenvalue weighted by atomic mass is 79.9. The highest BCUT2D eigenvalue weighted by Crippen LogP contribution is 2.24. The average Bonchev–Trinajstić information content (AvgIpc) is 2.06. The van der Waals surface area contributed by atoms with Crippen molar-refractivity contribution in [1.29, 1.82) is 0 Å². The van der Waals surface area contributed by atoms with Crippen LogP contribution in [-0.4, -0.2) is 22.7 Å². The smallest absolute Gasteiger partial charge is 0.341 e. The number of rotatable bonds is 3. The van der Waals surface area contributed by atoms with E-state index >= 15 is 0 Å². The van der Waals surface area contributed by atoms with Crippen molar-refractivity contribution in [3.63, 3.8) is 0 Å². The van der Waals surface area contributed by atoms with E-state index in [4.69, 9.17) is 21.4 Å². The van der Waals surface area contributed by atoms with E-state index in [0.29, 0.717) is 4.47 Å². The number of carbonyl (C=O) groups is 1. The fraction of sp³-hybridized carbons (Fsp3) is 0.143. The van der Waals surface area contributed by atoms with Gasteiger partial charge in [0.25, 0.3) is 0 Å². The first-order valence-electron chi connectivity index (χ1n) is 3.25. The fourth-order valence-electron chi connectivity index (χ4n) is 0.645. The summed E-state index contributed by atoms with van der Waals surface area (Å²) in [4.78, 5) is 13.9. The van der Waals surface area contributed by atoms with Crippen molar-refractivity contribution in [1.82, 2.24) is 4.98 Å². The van der Waals surface area contributed by atoms with Gasteiger partial charge in [-0.25, -0.2) is 9.78 Å². The molecule has 0 saturated carbocycles. The molecule has 0 radical (unpaired) electrons. The summed E-state index contributed by atoms with van der Waals surface area (Å²) in [5, 5.41) is 8.48. The molecule has 0 aromatic carbocycles. The summed E-state index contributed by atoms with van der Waals surface area (Å²) in [6.07, 6.45) is 1.50. The first-order chi connectivity index (χ1) is 6.09.